The molecule has 180 valence electrons. The first-order valence-electron chi connectivity index (χ1n) is 10.4. The summed E-state index contributed by atoms with van der Waals surface area (Å²) in [7, 11) is 1.09. The van der Waals surface area contributed by atoms with Gasteiger partial charge in [-0.2, -0.15) is 0 Å². The van der Waals surface area contributed by atoms with Gasteiger partial charge in [0.25, 0.3) is 0 Å². The van der Waals surface area contributed by atoms with Crippen molar-refractivity contribution in [3.05, 3.63) is 34.9 Å². The van der Waals surface area contributed by atoms with Crippen molar-refractivity contribution in [1.82, 2.24) is 0 Å². The molecule has 0 spiro atoms. The number of esters is 3. The topological polar surface area (TPSA) is 149 Å². The summed E-state index contributed by atoms with van der Waals surface area (Å²) in [6, 6.07) is 0. The van der Waals surface area contributed by atoms with Crippen molar-refractivity contribution in [2.75, 3.05) is 7.11 Å². The number of ether oxygens (including phenoxy) is 4. The molecule has 0 saturated carbocycles. The van der Waals surface area contributed by atoms with E-state index < -0.39 is 65.2 Å². The summed E-state index contributed by atoms with van der Waals surface area (Å²) in [6.07, 6.45) is -4.09. The van der Waals surface area contributed by atoms with Crippen LogP contribution >= 0.6 is 0 Å². The van der Waals surface area contributed by atoms with Gasteiger partial charge in [0.15, 0.2) is 23.6 Å². The second kappa shape index (κ2) is 8.19. The summed E-state index contributed by atoms with van der Waals surface area (Å²) in [5, 5.41) is 22.9. The molecule has 0 unspecified atom stereocenters. The predicted octanol–water partition coefficient (Wildman–Crippen LogP) is 0.304. The fourth-order valence-electron chi connectivity index (χ4n) is 4.57. The van der Waals surface area contributed by atoms with Crippen LogP contribution in [0.4, 0.5) is 0 Å². The van der Waals surface area contributed by atoms with Gasteiger partial charge in [-0.25, -0.2) is 9.59 Å². The Morgan fingerprint density at radius 3 is 2.27 bits per heavy atom. The fourth-order valence-corrected chi connectivity index (χ4v) is 4.57. The number of ketones is 1. The molecule has 3 rings (SSSR count). The lowest BCUT2D eigenvalue weighted by molar-refractivity contribution is -0.175. The van der Waals surface area contributed by atoms with Crippen molar-refractivity contribution in [2.45, 2.75) is 70.2 Å². The van der Waals surface area contributed by atoms with Gasteiger partial charge in [-0.1, -0.05) is 6.58 Å². The zero-order valence-corrected chi connectivity index (χ0v) is 19.3. The van der Waals surface area contributed by atoms with Crippen molar-refractivity contribution in [3.8, 4) is 0 Å². The van der Waals surface area contributed by atoms with Crippen molar-refractivity contribution in [1.29, 1.82) is 0 Å². The number of aliphatic hydroxyl groups excluding tert-OH is 1. The van der Waals surface area contributed by atoms with Gasteiger partial charge >= 0.3 is 17.9 Å². The molecule has 0 aromatic rings. The highest BCUT2D eigenvalue weighted by molar-refractivity contribution is 6.11. The average molecular weight is 464 g/mol. The van der Waals surface area contributed by atoms with Gasteiger partial charge in [0.2, 0.25) is 0 Å². The SMILES string of the molecule is C=C(C(=O)OC)[C@@H]1[C@@H](OC(C)=O)[C@H](OC(=O)[C@@]2(C)O[C@@H]2C)C(C)=C2C(=O)C=C(C)[C@]2(O)[C@H]1O. The second-order valence-electron chi connectivity index (χ2n) is 8.77. The van der Waals surface area contributed by atoms with Crippen LogP contribution in [0.1, 0.15) is 34.6 Å². The molecule has 0 radical (unpaired) electrons. The number of epoxide rings is 1. The number of carbonyl (C=O) groups excluding carboxylic acids is 4. The van der Waals surface area contributed by atoms with Gasteiger partial charge in [0.05, 0.1) is 19.1 Å². The molecule has 1 saturated heterocycles. The Hall–Kier alpha value is -2.82. The number of allylic oxidation sites excluding steroid dienone is 1. The minimum absolute atomic E-state index is 0.0614. The lowest BCUT2D eigenvalue weighted by Gasteiger charge is -2.38. The Morgan fingerprint density at radius 2 is 1.79 bits per heavy atom. The van der Waals surface area contributed by atoms with E-state index in [1.807, 2.05) is 0 Å². The van der Waals surface area contributed by atoms with E-state index in [9.17, 15) is 29.4 Å². The van der Waals surface area contributed by atoms with E-state index in [4.69, 9.17) is 18.9 Å². The van der Waals surface area contributed by atoms with Gasteiger partial charge in [-0.3, -0.25) is 9.59 Å². The van der Waals surface area contributed by atoms with Crippen LogP contribution in [0.5, 0.6) is 0 Å². The van der Waals surface area contributed by atoms with E-state index in [1.165, 1.54) is 20.8 Å². The minimum Gasteiger partial charge on any atom is -0.466 e. The van der Waals surface area contributed by atoms with Gasteiger partial charge in [0, 0.05) is 18.1 Å². The van der Waals surface area contributed by atoms with Crippen LogP contribution < -0.4 is 0 Å². The van der Waals surface area contributed by atoms with E-state index in [2.05, 4.69) is 6.58 Å². The van der Waals surface area contributed by atoms with E-state index in [1.54, 1.807) is 6.92 Å². The highest BCUT2D eigenvalue weighted by Crippen LogP contribution is 2.48. The monoisotopic (exact) mass is 464 g/mol. The van der Waals surface area contributed by atoms with Crippen LogP contribution in [0.15, 0.2) is 34.9 Å². The summed E-state index contributed by atoms with van der Waals surface area (Å²) >= 11 is 0. The Morgan fingerprint density at radius 1 is 1.21 bits per heavy atom. The number of carbonyl (C=O) groups is 4. The quantitative estimate of drug-likeness (QED) is 0.252. The van der Waals surface area contributed by atoms with Gasteiger partial charge in [0.1, 0.15) is 11.7 Å². The lowest BCUT2D eigenvalue weighted by Crippen LogP contribution is -2.53. The molecule has 0 aromatic carbocycles. The smallest absolute Gasteiger partial charge is 0.341 e. The zero-order chi connectivity index (χ0) is 25.0. The van der Waals surface area contributed by atoms with Crippen LogP contribution in [0.25, 0.3) is 0 Å². The normalized spacial score (nSPS) is 37.5. The molecule has 2 aliphatic carbocycles. The zero-order valence-electron chi connectivity index (χ0n) is 19.3. The van der Waals surface area contributed by atoms with Crippen molar-refractivity contribution < 1.29 is 48.3 Å². The van der Waals surface area contributed by atoms with Gasteiger partial charge in [-0.15, -0.1) is 0 Å². The lowest BCUT2D eigenvalue weighted by atomic mass is 9.76. The summed E-state index contributed by atoms with van der Waals surface area (Å²) in [6.45, 7) is 10.8. The summed E-state index contributed by atoms with van der Waals surface area (Å²) in [5.74, 6) is -4.65. The Kier molecular flexibility index (Phi) is 6.16. The largest absolute Gasteiger partial charge is 0.466 e. The molecule has 10 heteroatoms. The number of hydrogen-bond donors (Lipinski definition) is 2. The maximum atomic E-state index is 12.9. The summed E-state index contributed by atoms with van der Waals surface area (Å²) in [5.41, 5.74) is -3.89. The second-order valence-corrected chi connectivity index (χ2v) is 8.77. The molecule has 0 aromatic heterocycles. The molecule has 1 aliphatic heterocycles. The third kappa shape index (κ3) is 3.71. The minimum atomic E-state index is -2.24. The van der Waals surface area contributed by atoms with E-state index in [0.717, 1.165) is 20.1 Å². The molecular weight excluding hydrogens is 436 g/mol. The Balaban J connectivity index is 2.23. The molecule has 33 heavy (non-hydrogen) atoms. The summed E-state index contributed by atoms with van der Waals surface area (Å²) in [4.78, 5) is 50.2. The van der Waals surface area contributed by atoms with Crippen LogP contribution in [0, 0.1) is 5.92 Å². The molecule has 3 aliphatic rings. The molecule has 1 fully saturated rings. The van der Waals surface area contributed by atoms with Crippen molar-refractivity contribution in [3.63, 3.8) is 0 Å². The van der Waals surface area contributed by atoms with E-state index in [-0.39, 0.29) is 22.3 Å². The number of aliphatic hydroxyl groups is 2. The number of rotatable bonds is 5. The first kappa shape index (κ1) is 24.8. The number of methoxy groups -OCH3 is 1. The third-order valence-corrected chi connectivity index (χ3v) is 6.75. The van der Waals surface area contributed by atoms with Crippen molar-refractivity contribution in [2.24, 2.45) is 5.92 Å². The first-order chi connectivity index (χ1) is 15.2. The molecule has 2 N–H and O–H groups in total. The molecule has 0 amide bonds. The van der Waals surface area contributed by atoms with Gasteiger partial charge < -0.3 is 29.2 Å². The predicted molar refractivity (Wildman–Crippen MR) is 111 cm³/mol. The van der Waals surface area contributed by atoms with Crippen LogP contribution in [-0.2, 0) is 38.1 Å². The van der Waals surface area contributed by atoms with Crippen LogP contribution in [0.3, 0.4) is 0 Å². The fraction of sp³-hybridized carbons (Fsp3) is 0.565. The van der Waals surface area contributed by atoms with E-state index >= 15 is 0 Å². The maximum Gasteiger partial charge on any atom is 0.341 e. The van der Waals surface area contributed by atoms with Crippen molar-refractivity contribution >= 4 is 23.7 Å². The standard InChI is InChI=1S/C23H28O10/c1-9-8-14(25)16-11(3)17(32-21(28)22(6)12(4)33-22)18(31-13(5)24)15(10(2)20(27)30-7)19(26)23(9,16)29/h8,12,15,17-19,26,29H,2H2,1,3-7H3/t12-,15-,17-,18-,19+,22+,23-/m1/s1. The molecule has 10 nitrogen and oxygen atoms in total. The van der Waals surface area contributed by atoms with Crippen LogP contribution in [0.2, 0.25) is 0 Å². The molecule has 0 bridgehead atoms. The highest BCUT2D eigenvalue weighted by Gasteiger charge is 2.62. The van der Waals surface area contributed by atoms with Crippen LogP contribution in [-0.4, -0.2) is 76.6 Å². The number of fused-ring (bicyclic) bond motifs is 1. The molecule has 7 atom stereocenters. The summed E-state index contributed by atoms with van der Waals surface area (Å²) < 4.78 is 21.2. The first-order valence-corrected chi connectivity index (χ1v) is 10.4. The molecular formula is C23H28O10. The third-order valence-electron chi connectivity index (χ3n) is 6.75. The molecule has 1 heterocycles. The number of hydrogen-bond acceptors (Lipinski definition) is 10. The van der Waals surface area contributed by atoms with Gasteiger partial charge in [-0.05, 0) is 44.9 Å². The average Bonchev–Trinajstić information content (AvgIpc) is 3.29. The Labute approximate surface area is 190 Å². The maximum absolute atomic E-state index is 12.9. The highest BCUT2D eigenvalue weighted by atomic mass is 16.7. The Bertz CT molecular complexity index is 1010. The van der Waals surface area contributed by atoms with E-state index in [0.29, 0.717) is 0 Å².